The van der Waals surface area contributed by atoms with Gasteiger partial charge < -0.3 is 9.22 Å². The van der Waals surface area contributed by atoms with E-state index in [4.69, 9.17) is 4.74 Å². The Morgan fingerprint density at radius 3 is 2.24 bits per heavy atom. The number of piperidine rings is 1. The lowest BCUT2D eigenvalue weighted by Crippen LogP contribution is -2.50. The van der Waals surface area contributed by atoms with Crippen molar-refractivity contribution in [2.75, 3.05) is 33.3 Å². The zero-order valence-electron chi connectivity index (χ0n) is 14.3. The first-order valence-electron chi connectivity index (χ1n) is 8.41. The van der Waals surface area contributed by atoms with Crippen LogP contribution in [0.15, 0.2) is 30.3 Å². The molecule has 21 heavy (non-hydrogen) atoms. The summed E-state index contributed by atoms with van der Waals surface area (Å²) in [6, 6.07) is 10.7. The smallest absolute Gasteiger partial charge is 0.102 e. The van der Waals surface area contributed by atoms with E-state index in [1.165, 1.54) is 42.4 Å². The Hall–Kier alpha value is -0.860. The standard InChI is InChI=1S/C19H32NO/c1-19(2,3)18(17-11-7-5-8-12-17)21-16-15-20(4)13-9-6-10-14-20/h5,7-8,11-12,18H,6,9-10,13-16H2,1-4H3/q+1. The molecule has 1 aliphatic rings. The Labute approximate surface area is 130 Å². The van der Waals surface area contributed by atoms with Crippen LogP contribution in [0.5, 0.6) is 0 Å². The number of ether oxygens (including phenoxy) is 1. The largest absolute Gasteiger partial charge is 0.367 e. The molecule has 1 heterocycles. The summed E-state index contributed by atoms with van der Waals surface area (Å²) < 4.78 is 7.53. The molecular weight excluding hydrogens is 258 g/mol. The summed E-state index contributed by atoms with van der Waals surface area (Å²) in [6.45, 7) is 11.4. The van der Waals surface area contributed by atoms with E-state index in [0.717, 1.165) is 13.2 Å². The number of hydrogen-bond acceptors (Lipinski definition) is 1. The normalized spacial score (nSPS) is 20.2. The first-order chi connectivity index (χ1) is 9.91. The zero-order valence-corrected chi connectivity index (χ0v) is 14.3. The molecule has 1 atom stereocenters. The lowest BCUT2D eigenvalue weighted by molar-refractivity contribution is -0.914. The van der Waals surface area contributed by atoms with Gasteiger partial charge in [0.05, 0.1) is 32.8 Å². The van der Waals surface area contributed by atoms with Gasteiger partial charge in [-0.1, -0.05) is 51.1 Å². The van der Waals surface area contributed by atoms with Gasteiger partial charge in [0.1, 0.15) is 6.54 Å². The van der Waals surface area contributed by atoms with Crippen molar-refractivity contribution < 1.29 is 9.22 Å². The first kappa shape index (κ1) is 16.5. The maximum absolute atomic E-state index is 6.34. The van der Waals surface area contributed by atoms with Gasteiger partial charge in [0.2, 0.25) is 0 Å². The zero-order chi connectivity index (χ0) is 15.3. The monoisotopic (exact) mass is 290 g/mol. The van der Waals surface area contributed by atoms with Gasteiger partial charge in [-0.15, -0.1) is 0 Å². The summed E-state index contributed by atoms with van der Waals surface area (Å²) in [4.78, 5) is 0. The summed E-state index contributed by atoms with van der Waals surface area (Å²) in [5, 5.41) is 0. The van der Waals surface area contributed by atoms with Crippen molar-refractivity contribution in [3.8, 4) is 0 Å². The van der Waals surface area contributed by atoms with Gasteiger partial charge in [0, 0.05) is 0 Å². The highest BCUT2D eigenvalue weighted by molar-refractivity contribution is 5.19. The maximum atomic E-state index is 6.34. The predicted octanol–water partition coefficient (Wildman–Crippen LogP) is 4.42. The average molecular weight is 290 g/mol. The van der Waals surface area contributed by atoms with E-state index in [1.807, 2.05) is 0 Å². The fourth-order valence-electron chi connectivity index (χ4n) is 3.36. The molecule has 0 bridgehead atoms. The van der Waals surface area contributed by atoms with Crippen LogP contribution in [0, 0.1) is 5.41 Å². The third-order valence-electron chi connectivity index (χ3n) is 4.70. The second-order valence-electron chi connectivity index (χ2n) is 7.88. The molecule has 118 valence electrons. The molecule has 0 saturated carbocycles. The van der Waals surface area contributed by atoms with E-state index in [0.29, 0.717) is 0 Å². The van der Waals surface area contributed by atoms with E-state index in [9.17, 15) is 0 Å². The Kier molecular flexibility index (Phi) is 5.45. The van der Waals surface area contributed by atoms with Crippen molar-refractivity contribution >= 4 is 0 Å². The summed E-state index contributed by atoms with van der Waals surface area (Å²) in [6.07, 6.45) is 4.33. The molecular formula is C19H32NO+. The van der Waals surface area contributed by atoms with Crippen LogP contribution >= 0.6 is 0 Å². The highest BCUT2D eigenvalue weighted by Gasteiger charge is 2.29. The van der Waals surface area contributed by atoms with Crippen LogP contribution in [0.3, 0.4) is 0 Å². The Morgan fingerprint density at radius 1 is 1.05 bits per heavy atom. The van der Waals surface area contributed by atoms with Gasteiger partial charge >= 0.3 is 0 Å². The molecule has 1 aromatic rings. The van der Waals surface area contributed by atoms with Crippen molar-refractivity contribution in [2.24, 2.45) is 5.41 Å². The van der Waals surface area contributed by atoms with Crippen molar-refractivity contribution in [1.29, 1.82) is 0 Å². The van der Waals surface area contributed by atoms with Crippen LogP contribution in [-0.2, 0) is 4.74 Å². The highest BCUT2D eigenvalue weighted by atomic mass is 16.5. The highest BCUT2D eigenvalue weighted by Crippen LogP contribution is 2.36. The summed E-state index contributed by atoms with van der Waals surface area (Å²) in [7, 11) is 2.39. The number of rotatable bonds is 5. The van der Waals surface area contributed by atoms with Crippen molar-refractivity contribution in [1.82, 2.24) is 0 Å². The van der Waals surface area contributed by atoms with Crippen LogP contribution in [-0.4, -0.2) is 37.8 Å². The number of quaternary nitrogens is 1. The number of likely N-dealkylation sites (N-methyl/N-ethyl adjacent to an activating group) is 1. The first-order valence-corrected chi connectivity index (χ1v) is 8.41. The average Bonchev–Trinajstić information content (AvgIpc) is 2.44. The van der Waals surface area contributed by atoms with Gasteiger partial charge in [-0.05, 0) is 30.2 Å². The minimum atomic E-state index is 0.127. The molecule has 0 aromatic heterocycles. The molecule has 1 saturated heterocycles. The van der Waals surface area contributed by atoms with E-state index < -0.39 is 0 Å². The van der Waals surface area contributed by atoms with Gasteiger partial charge in [-0.2, -0.15) is 0 Å². The van der Waals surface area contributed by atoms with Crippen molar-refractivity contribution in [3.05, 3.63) is 35.9 Å². The molecule has 0 amide bonds. The Morgan fingerprint density at radius 2 is 1.67 bits per heavy atom. The van der Waals surface area contributed by atoms with E-state index in [1.54, 1.807) is 0 Å². The van der Waals surface area contributed by atoms with Gasteiger partial charge in [0.15, 0.2) is 0 Å². The summed E-state index contributed by atoms with van der Waals surface area (Å²) >= 11 is 0. The third-order valence-corrected chi connectivity index (χ3v) is 4.70. The molecule has 2 nitrogen and oxygen atoms in total. The number of benzene rings is 1. The second kappa shape index (κ2) is 6.93. The molecule has 0 aliphatic carbocycles. The van der Waals surface area contributed by atoms with Crippen LogP contribution in [0.4, 0.5) is 0 Å². The number of hydrogen-bond donors (Lipinski definition) is 0. The van der Waals surface area contributed by atoms with Gasteiger partial charge in [-0.25, -0.2) is 0 Å². The van der Waals surface area contributed by atoms with Crippen LogP contribution in [0.25, 0.3) is 0 Å². The minimum absolute atomic E-state index is 0.127. The van der Waals surface area contributed by atoms with Gasteiger partial charge in [0.25, 0.3) is 0 Å². The lowest BCUT2D eigenvalue weighted by Gasteiger charge is -2.39. The quantitative estimate of drug-likeness (QED) is 0.729. The summed E-state index contributed by atoms with van der Waals surface area (Å²) in [5.74, 6) is 0. The lowest BCUT2D eigenvalue weighted by atomic mass is 9.84. The van der Waals surface area contributed by atoms with Crippen molar-refractivity contribution in [3.63, 3.8) is 0 Å². The molecule has 1 aromatic carbocycles. The molecule has 2 rings (SSSR count). The van der Waals surface area contributed by atoms with Crippen molar-refractivity contribution in [2.45, 2.75) is 46.1 Å². The van der Waals surface area contributed by atoms with Crippen LogP contribution < -0.4 is 0 Å². The van der Waals surface area contributed by atoms with E-state index in [-0.39, 0.29) is 11.5 Å². The Balaban J connectivity index is 1.94. The maximum Gasteiger partial charge on any atom is 0.102 e. The fourth-order valence-corrected chi connectivity index (χ4v) is 3.36. The number of nitrogens with zero attached hydrogens (tertiary/aromatic N) is 1. The molecule has 0 N–H and O–H groups in total. The number of likely N-dealkylation sites (tertiary alicyclic amines) is 1. The topological polar surface area (TPSA) is 9.23 Å². The molecule has 1 fully saturated rings. The van der Waals surface area contributed by atoms with E-state index in [2.05, 4.69) is 58.2 Å². The third kappa shape index (κ3) is 4.82. The van der Waals surface area contributed by atoms with Gasteiger partial charge in [-0.3, -0.25) is 0 Å². The Bertz CT molecular complexity index is 415. The van der Waals surface area contributed by atoms with Crippen LogP contribution in [0.2, 0.25) is 0 Å². The second-order valence-corrected chi connectivity index (χ2v) is 7.88. The molecule has 0 radical (unpaired) electrons. The molecule has 1 aliphatic heterocycles. The molecule has 0 spiro atoms. The SMILES string of the molecule is CC(C)(C)C(OCC[N+]1(C)CCCCC1)c1ccccc1. The van der Waals surface area contributed by atoms with E-state index >= 15 is 0 Å². The fraction of sp³-hybridized carbons (Fsp3) is 0.684. The summed E-state index contributed by atoms with van der Waals surface area (Å²) in [5.41, 5.74) is 1.42. The molecule has 1 unspecified atom stereocenters. The minimum Gasteiger partial charge on any atom is -0.367 e. The predicted molar refractivity (Wildman–Crippen MR) is 89.2 cm³/mol. The molecule has 2 heteroatoms. The van der Waals surface area contributed by atoms with Crippen LogP contribution in [0.1, 0.15) is 51.7 Å².